The molecule has 0 heterocycles. The van der Waals surface area contributed by atoms with E-state index in [0.717, 1.165) is 21.9 Å². The maximum atomic E-state index is 13.8. The lowest BCUT2D eigenvalue weighted by atomic mass is 9.98. The van der Waals surface area contributed by atoms with E-state index in [1.807, 2.05) is 74.5 Å². The Morgan fingerprint density at radius 3 is 2.24 bits per heavy atom. The first kappa shape index (κ1) is 28.7. The predicted molar refractivity (Wildman–Crippen MR) is 149 cm³/mol. The second-order valence-corrected chi connectivity index (χ2v) is 10.3. The SMILES string of the molecule is CCN(C(=O)C(CO)NC(=O)OC(C)(C)C)C(C(=O)Nc1ccc2ccccc2c1)c1ccc(C)c(C)c1. The summed E-state index contributed by atoms with van der Waals surface area (Å²) in [5, 5.41) is 17.4. The van der Waals surface area contributed by atoms with Crippen LogP contribution in [-0.4, -0.2) is 52.7 Å². The number of ether oxygens (including phenoxy) is 1. The number of alkyl carbamates (subject to hydrolysis) is 1. The molecule has 3 rings (SSSR count). The Hall–Kier alpha value is -3.91. The monoisotopic (exact) mass is 519 g/mol. The highest BCUT2D eigenvalue weighted by atomic mass is 16.6. The van der Waals surface area contributed by atoms with Gasteiger partial charge in [0.2, 0.25) is 5.91 Å². The van der Waals surface area contributed by atoms with Gasteiger partial charge in [0.25, 0.3) is 5.91 Å². The van der Waals surface area contributed by atoms with E-state index in [1.54, 1.807) is 27.7 Å². The summed E-state index contributed by atoms with van der Waals surface area (Å²) in [6.07, 6.45) is -0.829. The van der Waals surface area contributed by atoms with Crippen LogP contribution in [0.3, 0.4) is 0 Å². The summed E-state index contributed by atoms with van der Waals surface area (Å²) in [6.45, 7) is 10.3. The molecule has 3 amide bonds. The molecule has 0 spiro atoms. The molecule has 0 aliphatic rings. The number of nitrogens with one attached hydrogen (secondary N) is 2. The van der Waals surface area contributed by atoms with Gasteiger partial charge in [0.05, 0.1) is 6.61 Å². The van der Waals surface area contributed by atoms with Crippen molar-refractivity contribution in [2.24, 2.45) is 0 Å². The lowest BCUT2D eigenvalue weighted by Gasteiger charge is -2.33. The summed E-state index contributed by atoms with van der Waals surface area (Å²) in [6, 6.07) is 16.8. The molecule has 202 valence electrons. The van der Waals surface area contributed by atoms with Crippen LogP contribution in [0, 0.1) is 13.8 Å². The molecule has 0 aromatic heterocycles. The molecule has 2 atom stereocenters. The van der Waals surface area contributed by atoms with Gasteiger partial charge in [-0.05, 0) is 81.1 Å². The van der Waals surface area contributed by atoms with Crippen LogP contribution in [0.4, 0.5) is 10.5 Å². The zero-order chi connectivity index (χ0) is 28.0. The number of aliphatic hydroxyl groups is 1. The van der Waals surface area contributed by atoms with Crippen LogP contribution in [0.15, 0.2) is 60.7 Å². The number of hydrogen-bond acceptors (Lipinski definition) is 5. The quantitative estimate of drug-likeness (QED) is 0.394. The van der Waals surface area contributed by atoms with Gasteiger partial charge in [-0.25, -0.2) is 4.79 Å². The number of aryl methyl sites for hydroxylation is 2. The number of hydrogen-bond donors (Lipinski definition) is 3. The van der Waals surface area contributed by atoms with E-state index in [1.165, 1.54) is 4.90 Å². The Morgan fingerprint density at radius 1 is 0.947 bits per heavy atom. The van der Waals surface area contributed by atoms with E-state index >= 15 is 0 Å². The fraction of sp³-hybridized carbons (Fsp3) is 0.367. The summed E-state index contributed by atoms with van der Waals surface area (Å²) in [7, 11) is 0. The molecule has 0 radical (unpaired) electrons. The van der Waals surface area contributed by atoms with Gasteiger partial charge < -0.3 is 25.4 Å². The highest BCUT2D eigenvalue weighted by Gasteiger charge is 2.35. The number of benzene rings is 3. The maximum Gasteiger partial charge on any atom is 0.408 e. The van der Waals surface area contributed by atoms with E-state index < -0.39 is 42.2 Å². The van der Waals surface area contributed by atoms with Crippen molar-refractivity contribution in [3.05, 3.63) is 77.4 Å². The highest BCUT2D eigenvalue weighted by Crippen LogP contribution is 2.27. The lowest BCUT2D eigenvalue weighted by Crippen LogP contribution is -2.53. The van der Waals surface area contributed by atoms with Gasteiger partial charge in [0, 0.05) is 12.2 Å². The molecule has 0 saturated carbocycles. The van der Waals surface area contributed by atoms with Crippen LogP contribution >= 0.6 is 0 Å². The Morgan fingerprint density at radius 2 is 1.63 bits per heavy atom. The van der Waals surface area contributed by atoms with Crippen LogP contribution in [0.1, 0.15) is 50.4 Å². The number of fused-ring (bicyclic) bond motifs is 1. The lowest BCUT2D eigenvalue weighted by molar-refractivity contribution is -0.141. The first-order valence-electron chi connectivity index (χ1n) is 12.7. The summed E-state index contributed by atoms with van der Waals surface area (Å²) in [5.41, 5.74) is 2.46. The van der Waals surface area contributed by atoms with Gasteiger partial charge in [0.1, 0.15) is 17.7 Å². The van der Waals surface area contributed by atoms with Gasteiger partial charge in [-0.3, -0.25) is 9.59 Å². The van der Waals surface area contributed by atoms with Gasteiger partial charge in [-0.1, -0.05) is 48.5 Å². The van der Waals surface area contributed by atoms with Gasteiger partial charge >= 0.3 is 6.09 Å². The minimum atomic E-state index is -1.28. The molecule has 0 fully saturated rings. The number of nitrogens with zero attached hydrogens (tertiary/aromatic N) is 1. The molecule has 0 aliphatic heterocycles. The molecule has 3 N–H and O–H groups in total. The third-order valence-corrected chi connectivity index (χ3v) is 6.22. The first-order chi connectivity index (χ1) is 17.9. The predicted octanol–water partition coefficient (Wildman–Crippen LogP) is 4.87. The molecule has 8 heteroatoms. The van der Waals surface area contributed by atoms with E-state index in [-0.39, 0.29) is 6.54 Å². The zero-order valence-electron chi connectivity index (χ0n) is 22.9. The average Bonchev–Trinajstić information content (AvgIpc) is 2.86. The minimum absolute atomic E-state index is 0.161. The second kappa shape index (κ2) is 12.1. The summed E-state index contributed by atoms with van der Waals surface area (Å²) in [4.78, 5) is 41.1. The molecule has 0 bridgehead atoms. The van der Waals surface area contributed by atoms with Crippen LogP contribution in [0.25, 0.3) is 10.8 Å². The topological polar surface area (TPSA) is 108 Å². The van der Waals surface area contributed by atoms with Crippen molar-refractivity contribution in [3.8, 4) is 0 Å². The largest absolute Gasteiger partial charge is 0.444 e. The van der Waals surface area contributed by atoms with Crippen LogP contribution in [0.5, 0.6) is 0 Å². The molecular formula is C30H37N3O5. The zero-order valence-corrected chi connectivity index (χ0v) is 22.9. The third-order valence-electron chi connectivity index (χ3n) is 6.22. The molecular weight excluding hydrogens is 482 g/mol. The number of rotatable bonds is 8. The number of likely N-dealkylation sites (N-methyl/N-ethyl adjacent to an activating group) is 1. The van der Waals surface area contributed by atoms with Crippen molar-refractivity contribution in [2.75, 3.05) is 18.5 Å². The summed E-state index contributed by atoms with van der Waals surface area (Å²) in [5.74, 6) is -1.01. The van der Waals surface area contributed by atoms with Crippen molar-refractivity contribution in [1.29, 1.82) is 0 Å². The molecule has 8 nitrogen and oxygen atoms in total. The number of carbonyl (C=O) groups is 3. The van der Waals surface area contributed by atoms with E-state index in [4.69, 9.17) is 4.74 Å². The third kappa shape index (κ3) is 7.10. The van der Waals surface area contributed by atoms with Gasteiger partial charge in [-0.2, -0.15) is 0 Å². The maximum absolute atomic E-state index is 13.8. The normalized spacial score (nSPS) is 12.9. The first-order valence-corrected chi connectivity index (χ1v) is 12.7. The van der Waals surface area contributed by atoms with Crippen LogP contribution < -0.4 is 10.6 Å². The van der Waals surface area contributed by atoms with Crippen molar-refractivity contribution in [2.45, 2.75) is 59.2 Å². The van der Waals surface area contributed by atoms with Crippen molar-refractivity contribution >= 4 is 34.4 Å². The fourth-order valence-electron chi connectivity index (χ4n) is 4.19. The average molecular weight is 520 g/mol. The Balaban J connectivity index is 1.95. The Labute approximate surface area is 224 Å². The smallest absolute Gasteiger partial charge is 0.408 e. The fourth-order valence-corrected chi connectivity index (χ4v) is 4.19. The summed E-state index contributed by atoms with van der Waals surface area (Å²) >= 11 is 0. The van der Waals surface area contributed by atoms with E-state index in [0.29, 0.717) is 11.3 Å². The minimum Gasteiger partial charge on any atom is -0.444 e. The Bertz CT molecular complexity index is 1310. The Kier molecular flexibility index (Phi) is 9.12. The standard InChI is InChI=1S/C30H37N3O5/c1-7-33(28(36)25(18-34)32-29(37)38-30(4,5)6)26(23-13-12-19(2)20(3)16-23)27(35)31-24-15-14-21-10-8-9-11-22(21)17-24/h8-17,25-26,34H,7,18H2,1-6H3,(H,31,35)(H,32,37). The highest BCUT2D eigenvalue weighted by molar-refractivity contribution is 6.00. The van der Waals surface area contributed by atoms with Crippen molar-refractivity contribution < 1.29 is 24.2 Å². The summed E-state index contributed by atoms with van der Waals surface area (Å²) < 4.78 is 5.26. The van der Waals surface area contributed by atoms with Crippen molar-refractivity contribution in [1.82, 2.24) is 10.2 Å². The number of aliphatic hydroxyl groups excluding tert-OH is 1. The molecule has 3 aromatic rings. The van der Waals surface area contributed by atoms with E-state index in [2.05, 4.69) is 10.6 Å². The number of amides is 3. The molecule has 0 aliphatic carbocycles. The molecule has 0 saturated heterocycles. The van der Waals surface area contributed by atoms with E-state index in [9.17, 15) is 19.5 Å². The van der Waals surface area contributed by atoms with Gasteiger partial charge in [0.15, 0.2) is 0 Å². The molecule has 2 unspecified atom stereocenters. The van der Waals surface area contributed by atoms with Crippen LogP contribution in [-0.2, 0) is 14.3 Å². The number of carbonyl (C=O) groups excluding carboxylic acids is 3. The van der Waals surface area contributed by atoms with Gasteiger partial charge in [-0.15, -0.1) is 0 Å². The number of anilines is 1. The second-order valence-electron chi connectivity index (χ2n) is 10.3. The van der Waals surface area contributed by atoms with Crippen molar-refractivity contribution in [3.63, 3.8) is 0 Å². The van der Waals surface area contributed by atoms with Crippen LogP contribution in [0.2, 0.25) is 0 Å². The molecule has 38 heavy (non-hydrogen) atoms. The molecule has 3 aromatic carbocycles.